The molecule has 1 fully saturated rings. The van der Waals surface area contributed by atoms with E-state index in [0.29, 0.717) is 0 Å². The molecule has 0 aromatic carbocycles. The standard InChI is InChI=1S/C11H17BO3/c1-8-6-7-13-9(8)12-14-10(2,3)11(4,5)15-12/h6-7H,1-5H3. The van der Waals surface area contributed by atoms with E-state index in [1.54, 1.807) is 6.26 Å². The Morgan fingerprint density at radius 3 is 2.00 bits per heavy atom. The Balaban J connectivity index is 2.27. The van der Waals surface area contributed by atoms with Crippen LogP contribution in [0.2, 0.25) is 0 Å². The lowest BCUT2D eigenvalue weighted by molar-refractivity contribution is 0.00578. The van der Waals surface area contributed by atoms with Crippen LogP contribution in [0.4, 0.5) is 0 Å². The predicted octanol–water partition coefficient (Wildman–Crippen LogP) is 1.89. The van der Waals surface area contributed by atoms with Gasteiger partial charge in [0.25, 0.3) is 0 Å². The molecule has 1 aliphatic heterocycles. The normalized spacial score (nSPS) is 23.4. The van der Waals surface area contributed by atoms with E-state index in [0.717, 1.165) is 11.2 Å². The quantitative estimate of drug-likeness (QED) is 0.660. The fourth-order valence-electron chi connectivity index (χ4n) is 1.58. The summed E-state index contributed by atoms with van der Waals surface area (Å²) in [6, 6.07) is 1.92. The van der Waals surface area contributed by atoms with Crippen LogP contribution in [0.5, 0.6) is 0 Å². The Bertz CT molecular complexity index is 352. The van der Waals surface area contributed by atoms with Gasteiger partial charge < -0.3 is 13.7 Å². The van der Waals surface area contributed by atoms with E-state index in [-0.39, 0.29) is 18.3 Å². The van der Waals surface area contributed by atoms with Crippen LogP contribution in [0.25, 0.3) is 0 Å². The molecule has 82 valence electrons. The fraction of sp³-hybridized carbons (Fsp3) is 0.636. The van der Waals surface area contributed by atoms with Crippen molar-refractivity contribution < 1.29 is 13.7 Å². The predicted molar refractivity (Wildman–Crippen MR) is 59.2 cm³/mol. The Kier molecular flexibility index (Phi) is 2.24. The first-order valence-corrected chi connectivity index (χ1v) is 5.23. The van der Waals surface area contributed by atoms with E-state index in [2.05, 4.69) is 0 Å². The number of hydrogen-bond donors (Lipinski definition) is 0. The molecule has 0 spiro atoms. The molecule has 4 heteroatoms. The molecule has 3 nitrogen and oxygen atoms in total. The van der Waals surface area contributed by atoms with Crippen LogP contribution in [0, 0.1) is 6.92 Å². The molecule has 1 aromatic rings. The van der Waals surface area contributed by atoms with E-state index in [9.17, 15) is 0 Å². The number of hydrogen-bond acceptors (Lipinski definition) is 3. The second-order valence-corrected chi connectivity index (χ2v) is 5.06. The third-order valence-electron chi connectivity index (χ3n) is 3.37. The fourth-order valence-corrected chi connectivity index (χ4v) is 1.58. The average molecular weight is 208 g/mol. The van der Waals surface area contributed by atoms with Crippen molar-refractivity contribution in [3.8, 4) is 0 Å². The molecular formula is C11H17BO3. The van der Waals surface area contributed by atoms with Gasteiger partial charge >= 0.3 is 7.12 Å². The third kappa shape index (κ3) is 1.62. The van der Waals surface area contributed by atoms with Crippen LogP contribution in [-0.2, 0) is 9.31 Å². The van der Waals surface area contributed by atoms with Crippen LogP contribution in [0.15, 0.2) is 16.7 Å². The molecule has 0 radical (unpaired) electrons. The molecular weight excluding hydrogens is 191 g/mol. The lowest BCUT2D eigenvalue weighted by Crippen LogP contribution is -2.41. The summed E-state index contributed by atoms with van der Waals surface area (Å²) in [5.41, 5.74) is 1.22. The smallest absolute Gasteiger partial charge is 0.473 e. The van der Waals surface area contributed by atoms with Crippen molar-refractivity contribution in [1.82, 2.24) is 0 Å². The van der Waals surface area contributed by atoms with Crippen LogP contribution in [0.3, 0.4) is 0 Å². The van der Waals surface area contributed by atoms with Gasteiger partial charge in [-0.3, -0.25) is 0 Å². The molecule has 0 aliphatic carbocycles. The topological polar surface area (TPSA) is 31.6 Å². The first-order valence-electron chi connectivity index (χ1n) is 5.23. The van der Waals surface area contributed by atoms with Crippen molar-refractivity contribution in [3.05, 3.63) is 17.9 Å². The molecule has 0 amide bonds. The maximum atomic E-state index is 5.87. The summed E-state index contributed by atoms with van der Waals surface area (Å²) in [6.45, 7) is 10.1. The SMILES string of the molecule is Cc1ccoc1B1OC(C)(C)C(C)(C)O1. The summed E-state index contributed by atoms with van der Waals surface area (Å²) in [6.07, 6.45) is 1.66. The van der Waals surface area contributed by atoms with Gasteiger partial charge in [-0.25, -0.2) is 0 Å². The van der Waals surface area contributed by atoms with Gasteiger partial charge in [-0.15, -0.1) is 0 Å². The monoisotopic (exact) mass is 208 g/mol. The Labute approximate surface area is 90.9 Å². The maximum absolute atomic E-state index is 5.87. The molecule has 1 aliphatic rings. The Morgan fingerprint density at radius 2 is 1.60 bits per heavy atom. The van der Waals surface area contributed by atoms with Gasteiger partial charge in [-0.2, -0.15) is 0 Å². The zero-order valence-corrected chi connectivity index (χ0v) is 9.96. The lowest BCUT2D eigenvalue weighted by atomic mass is 9.84. The minimum Gasteiger partial charge on any atom is -0.473 e. The number of aryl methyl sites for hydroxylation is 1. The molecule has 0 N–H and O–H groups in total. The van der Waals surface area contributed by atoms with Crippen molar-refractivity contribution in [2.45, 2.75) is 45.8 Å². The van der Waals surface area contributed by atoms with Crippen LogP contribution < -0.4 is 5.66 Å². The van der Waals surface area contributed by atoms with Gasteiger partial charge in [0.1, 0.15) is 5.66 Å². The van der Waals surface area contributed by atoms with Crippen LogP contribution in [0.1, 0.15) is 33.3 Å². The van der Waals surface area contributed by atoms with Crippen molar-refractivity contribution in [3.63, 3.8) is 0 Å². The first kappa shape index (κ1) is 10.8. The van der Waals surface area contributed by atoms with Gasteiger partial charge in [0, 0.05) is 0 Å². The van der Waals surface area contributed by atoms with Crippen molar-refractivity contribution in [2.75, 3.05) is 0 Å². The Morgan fingerprint density at radius 1 is 1.07 bits per heavy atom. The lowest BCUT2D eigenvalue weighted by Gasteiger charge is -2.32. The molecule has 0 unspecified atom stereocenters. The van der Waals surface area contributed by atoms with Gasteiger partial charge in [0.2, 0.25) is 0 Å². The number of rotatable bonds is 1. The summed E-state index contributed by atoms with van der Waals surface area (Å²) >= 11 is 0. The second-order valence-electron chi connectivity index (χ2n) is 5.06. The van der Waals surface area contributed by atoms with E-state index in [1.165, 1.54) is 0 Å². The van der Waals surface area contributed by atoms with E-state index in [1.807, 2.05) is 40.7 Å². The van der Waals surface area contributed by atoms with E-state index < -0.39 is 0 Å². The van der Waals surface area contributed by atoms with Crippen LogP contribution >= 0.6 is 0 Å². The highest BCUT2D eigenvalue weighted by atomic mass is 16.7. The van der Waals surface area contributed by atoms with Gasteiger partial charge in [0.15, 0.2) is 0 Å². The van der Waals surface area contributed by atoms with Gasteiger partial charge in [-0.05, 0) is 46.2 Å². The summed E-state index contributed by atoms with van der Waals surface area (Å²) in [7, 11) is -0.384. The molecule has 0 bridgehead atoms. The van der Waals surface area contributed by atoms with E-state index in [4.69, 9.17) is 13.7 Å². The molecule has 1 saturated heterocycles. The highest BCUT2D eigenvalue weighted by molar-refractivity contribution is 6.61. The van der Waals surface area contributed by atoms with Crippen LogP contribution in [-0.4, -0.2) is 18.3 Å². The van der Waals surface area contributed by atoms with Crippen molar-refractivity contribution >= 4 is 12.8 Å². The highest BCUT2D eigenvalue weighted by Gasteiger charge is 2.53. The molecule has 2 rings (SSSR count). The Hall–Kier alpha value is -0.735. The zero-order chi connectivity index (χ0) is 11.3. The summed E-state index contributed by atoms with van der Waals surface area (Å²) < 4.78 is 17.1. The first-order chi connectivity index (χ1) is 6.83. The second kappa shape index (κ2) is 3.13. The summed E-state index contributed by atoms with van der Waals surface area (Å²) in [5, 5.41) is 0. The molecule has 2 heterocycles. The van der Waals surface area contributed by atoms with Gasteiger partial charge in [0.05, 0.1) is 17.5 Å². The molecule has 1 aromatic heterocycles. The molecule has 0 saturated carbocycles. The van der Waals surface area contributed by atoms with Crippen molar-refractivity contribution in [2.24, 2.45) is 0 Å². The summed E-state index contributed by atoms with van der Waals surface area (Å²) in [5.74, 6) is 0. The molecule has 15 heavy (non-hydrogen) atoms. The third-order valence-corrected chi connectivity index (χ3v) is 3.37. The van der Waals surface area contributed by atoms with Crippen molar-refractivity contribution in [1.29, 1.82) is 0 Å². The summed E-state index contributed by atoms with van der Waals surface area (Å²) in [4.78, 5) is 0. The van der Waals surface area contributed by atoms with E-state index >= 15 is 0 Å². The average Bonchev–Trinajstić information content (AvgIpc) is 2.55. The molecule has 0 atom stereocenters. The van der Waals surface area contributed by atoms with Gasteiger partial charge in [-0.1, -0.05) is 0 Å². The highest BCUT2D eigenvalue weighted by Crippen LogP contribution is 2.36. The largest absolute Gasteiger partial charge is 0.533 e. The number of furan rings is 1. The minimum atomic E-state index is -0.384. The maximum Gasteiger partial charge on any atom is 0.533 e. The zero-order valence-electron chi connectivity index (χ0n) is 9.96. The minimum absolute atomic E-state index is 0.309.